The Balaban J connectivity index is 1.99. The Morgan fingerprint density at radius 2 is 2.00 bits per heavy atom. The van der Waals surface area contributed by atoms with Crippen LogP contribution in [0.25, 0.3) is 0 Å². The number of ether oxygens (including phenoxy) is 1. The summed E-state index contributed by atoms with van der Waals surface area (Å²) in [5, 5.41) is 0. The van der Waals surface area contributed by atoms with Crippen LogP contribution >= 0.6 is 0 Å². The van der Waals surface area contributed by atoms with Crippen LogP contribution in [0.2, 0.25) is 0 Å². The second-order valence-electron chi connectivity index (χ2n) is 4.31. The first-order valence-electron chi connectivity index (χ1n) is 5.53. The van der Waals surface area contributed by atoms with Crippen molar-refractivity contribution in [3.8, 4) is 0 Å². The van der Waals surface area contributed by atoms with Gasteiger partial charge in [-0.05, 0) is 31.1 Å². The predicted molar refractivity (Wildman–Crippen MR) is 50.1 cm³/mol. The molecule has 2 rings (SSSR count). The van der Waals surface area contributed by atoms with E-state index < -0.39 is 0 Å². The fourth-order valence-electron chi connectivity index (χ4n) is 2.96. The van der Waals surface area contributed by atoms with E-state index in [1.54, 1.807) is 0 Å². The standard InChI is InChI=1S/C11H20O/c1-2-9-7-8-12-11-6-4-3-5-10(9)11/h9-11H,2-8H2,1H3. The lowest BCUT2D eigenvalue weighted by Gasteiger charge is -2.40. The van der Waals surface area contributed by atoms with E-state index in [-0.39, 0.29) is 0 Å². The summed E-state index contributed by atoms with van der Waals surface area (Å²) in [5.74, 6) is 1.89. The Bertz CT molecular complexity index is 135. The molecule has 1 nitrogen and oxygen atoms in total. The minimum Gasteiger partial charge on any atom is -0.378 e. The second-order valence-corrected chi connectivity index (χ2v) is 4.31. The average molecular weight is 168 g/mol. The van der Waals surface area contributed by atoms with Crippen LogP contribution in [0.3, 0.4) is 0 Å². The minimum absolute atomic E-state index is 0.637. The molecule has 0 spiro atoms. The molecule has 0 aromatic heterocycles. The van der Waals surface area contributed by atoms with E-state index in [1.165, 1.54) is 38.5 Å². The number of hydrogen-bond acceptors (Lipinski definition) is 1. The highest BCUT2D eigenvalue weighted by Gasteiger charge is 2.34. The van der Waals surface area contributed by atoms with Gasteiger partial charge in [-0.2, -0.15) is 0 Å². The van der Waals surface area contributed by atoms with Crippen molar-refractivity contribution in [1.29, 1.82) is 0 Å². The largest absolute Gasteiger partial charge is 0.378 e. The number of fused-ring (bicyclic) bond motifs is 1. The molecule has 2 aliphatic rings. The Morgan fingerprint density at radius 3 is 2.83 bits per heavy atom. The van der Waals surface area contributed by atoms with Crippen molar-refractivity contribution in [2.45, 2.75) is 51.6 Å². The van der Waals surface area contributed by atoms with Crippen LogP contribution < -0.4 is 0 Å². The van der Waals surface area contributed by atoms with Crippen LogP contribution in [-0.2, 0) is 4.74 Å². The lowest BCUT2D eigenvalue weighted by atomic mass is 9.74. The molecule has 0 N–H and O–H groups in total. The van der Waals surface area contributed by atoms with Gasteiger partial charge in [0.1, 0.15) is 0 Å². The van der Waals surface area contributed by atoms with Gasteiger partial charge in [0.15, 0.2) is 0 Å². The average Bonchev–Trinajstić information content (AvgIpc) is 2.17. The minimum atomic E-state index is 0.637. The Hall–Kier alpha value is -0.0400. The van der Waals surface area contributed by atoms with Crippen molar-refractivity contribution in [1.82, 2.24) is 0 Å². The molecule has 2 fully saturated rings. The summed E-state index contributed by atoms with van der Waals surface area (Å²) < 4.78 is 5.81. The summed E-state index contributed by atoms with van der Waals surface area (Å²) in [4.78, 5) is 0. The van der Waals surface area contributed by atoms with Crippen LogP contribution in [-0.4, -0.2) is 12.7 Å². The fourth-order valence-corrected chi connectivity index (χ4v) is 2.96. The van der Waals surface area contributed by atoms with Gasteiger partial charge in [-0.1, -0.05) is 26.2 Å². The van der Waals surface area contributed by atoms with Crippen molar-refractivity contribution in [3.05, 3.63) is 0 Å². The van der Waals surface area contributed by atoms with Crippen LogP contribution in [0.1, 0.15) is 45.4 Å². The van der Waals surface area contributed by atoms with Gasteiger partial charge < -0.3 is 4.74 Å². The first-order valence-corrected chi connectivity index (χ1v) is 5.53. The Morgan fingerprint density at radius 1 is 1.17 bits per heavy atom. The molecule has 3 unspecified atom stereocenters. The SMILES string of the molecule is CCC1CCOC2CCCCC12. The van der Waals surface area contributed by atoms with Crippen molar-refractivity contribution in [2.24, 2.45) is 11.8 Å². The molecule has 0 aromatic carbocycles. The van der Waals surface area contributed by atoms with Crippen LogP contribution in [0.4, 0.5) is 0 Å². The zero-order valence-corrected chi connectivity index (χ0v) is 8.09. The summed E-state index contributed by atoms with van der Waals surface area (Å²) in [7, 11) is 0. The quantitative estimate of drug-likeness (QED) is 0.585. The lowest BCUT2D eigenvalue weighted by Crippen LogP contribution is -2.38. The molecule has 1 aliphatic heterocycles. The third-order valence-electron chi connectivity index (χ3n) is 3.70. The van der Waals surface area contributed by atoms with Crippen molar-refractivity contribution in [2.75, 3.05) is 6.61 Å². The van der Waals surface area contributed by atoms with Gasteiger partial charge in [0, 0.05) is 6.61 Å². The van der Waals surface area contributed by atoms with Gasteiger partial charge in [0.25, 0.3) is 0 Å². The molecule has 3 atom stereocenters. The monoisotopic (exact) mass is 168 g/mol. The fraction of sp³-hybridized carbons (Fsp3) is 1.00. The molecule has 1 saturated carbocycles. The molecule has 0 aromatic rings. The van der Waals surface area contributed by atoms with E-state index in [9.17, 15) is 0 Å². The number of rotatable bonds is 1. The van der Waals surface area contributed by atoms with Gasteiger partial charge in [0.05, 0.1) is 6.10 Å². The van der Waals surface area contributed by atoms with Gasteiger partial charge in [-0.15, -0.1) is 0 Å². The van der Waals surface area contributed by atoms with E-state index in [2.05, 4.69) is 6.92 Å². The zero-order valence-electron chi connectivity index (χ0n) is 8.09. The molecule has 1 heterocycles. The van der Waals surface area contributed by atoms with Crippen molar-refractivity contribution < 1.29 is 4.74 Å². The van der Waals surface area contributed by atoms with E-state index in [4.69, 9.17) is 4.74 Å². The molecule has 1 heteroatoms. The topological polar surface area (TPSA) is 9.23 Å². The van der Waals surface area contributed by atoms with Gasteiger partial charge in [0.2, 0.25) is 0 Å². The summed E-state index contributed by atoms with van der Waals surface area (Å²) in [5.41, 5.74) is 0. The molecule has 0 bridgehead atoms. The van der Waals surface area contributed by atoms with E-state index in [0.717, 1.165) is 18.4 Å². The molecule has 0 radical (unpaired) electrons. The third-order valence-corrected chi connectivity index (χ3v) is 3.70. The van der Waals surface area contributed by atoms with Crippen molar-refractivity contribution in [3.63, 3.8) is 0 Å². The molecular formula is C11H20O. The van der Waals surface area contributed by atoms with E-state index >= 15 is 0 Å². The third kappa shape index (κ3) is 1.52. The molecule has 0 amide bonds. The Labute approximate surface area is 75.5 Å². The van der Waals surface area contributed by atoms with Gasteiger partial charge in [-0.3, -0.25) is 0 Å². The smallest absolute Gasteiger partial charge is 0.0605 e. The van der Waals surface area contributed by atoms with E-state index in [0.29, 0.717) is 6.10 Å². The predicted octanol–water partition coefficient (Wildman–Crippen LogP) is 2.99. The normalized spacial score (nSPS) is 42.2. The summed E-state index contributed by atoms with van der Waals surface area (Å²) in [6, 6.07) is 0. The second kappa shape index (κ2) is 3.78. The number of hydrogen-bond donors (Lipinski definition) is 0. The summed E-state index contributed by atoms with van der Waals surface area (Å²) >= 11 is 0. The lowest BCUT2D eigenvalue weighted by molar-refractivity contribution is -0.0771. The molecule has 1 aliphatic carbocycles. The maximum atomic E-state index is 5.81. The Kier molecular flexibility index (Phi) is 2.69. The van der Waals surface area contributed by atoms with Crippen LogP contribution in [0.5, 0.6) is 0 Å². The molecule has 12 heavy (non-hydrogen) atoms. The zero-order chi connectivity index (χ0) is 8.39. The van der Waals surface area contributed by atoms with Crippen LogP contribution in [0, 0.1) is 11.8 Å². The molecule has 70 valence electrons. The van der Waals surface area contributed by atoms with Crippen molar-refractivity contribution >= 4 is 0 Å². The maximum absolute atomic E-state index is 5.81. The van der Waals surface area contributed by atoms with E-state index in [1.807, 2.05) is 0 Å². The van der Waals surface area contributed by atoms with Gasteiger partial charge in [-0.25, -0.2) is 0 Å². The highest BCUT2D eigenvalue weighted by Crippen LogP contribution is 2.38. The highest BCUT2D eigenvalue weighted by atomic mass is 16.5. The molecule has 1 saturated heterocycles. The van der Waals surface area contributed by atoms with Gasteiger partial charge >= 0.3 is 0 Å². The van der Waals surface area contributed by atoms with Crippen LogP contribution in [0.15, 0.2) is 0 Å². The summed E-state index contributed by atoms with van der Waals surface area (Å²) in [6.07, 6.45) is 8.93. The highest BCUT2D eigenvalue weighted by molar-refractivity contribution is 4.84. The maximum Gasteiger partial charge on any atom is 0.0605 e. The summed E-state index contributed by atoms with van der Waals surface area (Å²) in [6.45, 7) is 3.36. The first kappa shape index (κ1) is 8.55. The molecular weight excluding hydrogens is 148 g/mol. The first-order chi connectivity index (χ1) is 5.92.